The van der Waals surface area contributed by atoms with Crippen LogP contribution >= 0.6 is 0 Å². The lowest BCUT2D eigenvalue weighted by Crippen LogP contribution is -2.00. The summed E-state index contributed by atoms with van der Waals surface area (Å²) in [7, 11) is 1.64. The molecule has 0 heterocycles. The van der Waals surface area contributed by atoms with Gasteiger partial charge in [-0.25, -0.2) is 4.79 Å². The molecule has 0 unspecified atom stereocenters. The third-order valence-electron chi connectivity index (χ3n) is 2.79. The minimum atomic E-state index is -0.936. The molecule has 0 aliphatic carbocycles. The lowest BCUT2D eigenvalue weighted by molar-refractivity contribution is 0.0696. The molecular formula is C16H16O4. The summed E-state index contributed by atoms with van der Waals surface area (Å²) in [6, 6.07) is 14.4. The first-order valence-electron chi connectivity index (χ1n) is 6.22. The lowest BCUT2D eigenvalue weighted by Gasteiger charge is -2.08. The van der Waals surface area contributed by atoms with Gasteiger partial charge >= 0.3 is 5.97 Å². The Bertz CT molecular complexity index is 593. The molecule has 0 radical (unpaired) electrons. The molecule has 0 amide bonds. The van der Waals surface area contributed by atoms with E-state index in [0.29, 0.717) is 13.2 Å². The molecule has 104 valence electrons. The first-order chi connectivity index (χ1) is 9.69. The molecule has 1 N–H and O–H groups in total. The van der Waals surface area contributed by atoms with Crippen LogP contribution in [0.2, 0.25) is 0 Å². The minimum absolute atomic E-state index is 0.263. The Balaban J connectivity index is 2.03. The predicted octanol–water partition coefficient (Wildman–Crippen LogP) is 3.11. The largest absolute Gasteiger partial charge is 0.489 e. The van der Waals surface area contributed by atoms with Gasteiger partial charge in [-0.2, -0.15) is 0 Å². The maximum Gasteiger partial charge on any atom is 0.335 e. The van der Waals surface area contributed by atoms with Crippen molar-refractivity contribution >= 4 is 5.97 Å². The molecule has 0 atom stereocenters. The second kappa shape index (κ2) is 6.73. The molecule has 0 aliphatic rings. The highest BCUT2D eigenvalue weighted by Crippen LogP contribution is 2.16. The summed E-state index contributed by atoms with van der Waals surface area (Å²) in [4.78, 5) is 10.9. The Labute approximate surface area is 117 Å². The molecule has 0 bridgehead atoms. The fraction of sp³-hybridized carbons (Fsp3) is 0.188. The van der Waals surface area contributed by atoms with E-state index in [0.717, 1.165) is 16.9 Å². The van der Waals surface area contributed by atoms with E-state index in [1.165, 1.54) is 0 Å². The van der Waals surface area contributed by atoms with Crippen molar-refractivity contribution in [2.75, 3.05) is 7.11 Å². The molecule has 4 heteroatoms. The van der Waals surface area contributed by atoms with E-state index in [2.05, 4.69) is 0 Å². The van der Waals surface area contributed by atoms with Gasteiger partial charge in [0.05, 0.1) is 12.2 Å². The first kappa shape index (κ1) is 14.1. The number of rotatable bonds is 6. The fourth-order valence-electron chi connectivity index (χ4n) is 1.85. The van der Waals surface area contributed by atoms with Gasteiger partial charge in [-0.1, -0.05) is 24.3 Å². The highest BCUT2D eigenvalue weighted by molar-refractivity contribution is 5.87. The summed E-state index contributed by atoms with van der Waals surface area (Å²) in [5.74, 6) is -0.200. The Morgan fingerprint density at radius 1 is 1.05 bits per heavy atom. The third kappa shape index (κ3) is 3.83. The van der Waals surface area contributed by atoms with E-state index < -0.39 is 5.97 Å². The van der Waals surface area contributed by atoms with Crippen LogP contribution < -0.4 is 4.74 Å². The topological polar surface area (TPSA) is 55.8 Å². The third-order valence-corrected chi connectivity index (χ3v) is 2.79. The average Bonchev–Trinajstić information content (AvgIpc) is 2.46. The average molecular weight is 272 g/mol. The van der Waals surface area contributed by atoms with Crippen molar-refractivity contribution in [2.45, 2.75) is 13.2 Å². The van der Waals surface area contributed by atoms with Gasteiger partial charge in [0.1, 0.15) is 12.4 Å². The Hall–Kier alpha value is -2.33. The predicted molar refractivity (Wildman–Crippen MR) is 74.9 cm³/mol. The summed E-state index contributed by atoms with van der Waals surface area (Å²) in [5, 5.41) is 8.94. The molecule has 0 fully saturated rings. The Morgan fingerprint density at radius 2 is 1.75 bits per heavy atom. The summed E-state index contributed by atoms with van der Waals surface area (Å²) in [6.07, 6.45) is 0. The molecule has 2 aromatic carbocycles. The number of methoxy groups -OCH3 is 1. The molecule has 0 saturated heterocycles. The van der Waals surface area contributed by atoms with Crippen LogP contribution in [0.1, 0.15) is 21.5 Å². The second-order valence-electron chi connectivity index (χ2n) is 4.37. The number of hydrogen-bond donors (Lipinski definition) is 1. The van der Waals surface area contributed by atoms with Crippen LogP contribution in [0.15, 0.2) is 48.5 Å². The Morgan fingerprint density at radius 3 is 2.45 bits per heavy atom. The van der Waals surface area contributed by atoms with Crippen molar-refractivity contribution in [3.8, 4) is 5.75 Å². The maximum atomic E-state index is 10.9. The molecule has 4 nitrogen and oxygen atoms in total. The summed E-state index contributed by atoms with van der Waals surface area (Å²) < 4.78 is 10.7. The van der Waals surface area contributed by atoms with Crippen molar-refractivity contribution in [2.24, 2.45) is 0 Å². The molecule has 0 aliphatic heterocycles. The van der Waals surface area contributed by atoms with Crippen molar-refractivity contribution in [1.29, 1.82) is 0 Å². The highest BCUT2D eigenvalue weighted by Gasteiger charge is 2.04. The molecule has 2 aromatic rings. The second-order valence-corrected chi connectivity index (χ2v) is 4.37. The smallest absolute Gasteiger partial charge is 0.335 e. The number of carboxylic acid groups (broad SMARTS) is 1. The number of carbonyl (C=O) groups is 1. The SMILES string of the molecule is COCc1cccc(OCc2cccc(C(=O)O)c2)c1. The molecule has 2 rings (SSSR count). The van der Waals surface area contributed by atoms with Gasteiger partial charge in [-0.3, -0.25) is 0 Å². The first-order valence-corrected chi connectivity index (χ1v) is 6.22. The van der Waals surface area contributed by atoms with E-state index in [-0.39, 0.29) is 5.56 Å². The minimum Gasteiger partial charge on any atom is -0.489 e. The van der Waals surface area contributed by atoms with Crippen molar-refractivity contribution in [3.05, 3.63) is 65.2 Å². The summed E-state index contributed by atoms with van der Waals surface area (Å²) in [5.41, 5.74) is 2.12. The van der Waals surface area contributed by atoms with Crippen LogP contribution in [0.5, 0.6) is 5.75 Å². The molecule has 20 heavy (non-hydrogen) atoms. The van der Waals surface area contributed by atoms with Crippen molar-refractivity contribution in [3.63, 3.8) is 0 Å². The van der Waals surface area contributed by atoms with Crippen molar-refractivity contribution in [1.82, 2.24) is 0 Å². The van der Waals surface area contributed by atoms with Crippen LogP contribution in [0.25, 0.3) is 0 Å². The van der Waals surface area contributed by atoms with Crippen LogP contribution in [-0.2, 0) is 18.0 Å². The number of aromatic carboxylic acids is 1. The van der Waals surface area contributed by atoms with Crippen LogP contribution in [0.3, 0.4) is 0 Å². The normalized spacial score (nSPS) is 10.2. The van der Waals surface area contributed by atoms with E-state index in [1.54, 1.807) is 25.3 Å². The van der Waals surface area contributed by atoms with E-state index in [9.17, 15) is 4.79 Å². The van der Waals surface area contributed by atoms with Crippen LogP contribution in [0.4, 0.5) is 0 Å². The maximum absolute atomic E-state index is 10.9. The van der Waals surface area contributed by atoms with Gasteiger partial charge in [-0.05, 0) is 35.4 Å². The van der Waals surface area contributed by atoms with E-state index in [4.69, 9.17) is 14.6 Å². The molecule has 0 aromatic heterocycles. The molecule has 0 spiro atoms. The summed E-state index contributed by atoms with van der Waals surface area (Å²) >= 11 is 0. The Kier molecular flexibility index (Phi) is 4.74. The zero-order valence-electron chi connectivity index (χ0n) is 11.2. The monoisotopic (exact) mass is 272 g/mol. The van der Waals surface area contributed by atoms with E-state index in [1.807, 2.05) is 30.3 Å². The zero-order valence-corrected chi connectivity index (χ0v) is 11.2. The van der Waals surface area contributed by atoms with Gasteiger partial charge in [0.15, 0.2) is 0 Å². The number of benzene rings is 2. The van der Waals surface area contributed by atoms with Gasteiger partial charge in [0.2, 0.25) is 0 Å². The number of carboxylic acids is 1. The van der Waals surface area contributed by atoms with Gasteiger partial charge in [0, 0.05) is 7.11 Å². The number of ether oxygens (including phenoxy) is 2. The fourth-order valence-corrected chi connectivity index (χ4v) is 1.85. The van der Waals surface area contributed by atoms with Crippen LogP contribution in [-0.4, -0.2) is 18.2 Å². The van der Waals surface area contributed by atoms with Gasteiger partial charge in [0.25, 0.3) is 0 Å². The zero-order chi connectivity index (χ0) is 14.4. The molecule has 0 saturated carbocycles. The van der Waals surface area contributed by atoms with E-state index >= 15 is 0 Å². The summed E-state index contributed by atoms with van der Waals surface area (Å²) in [6.45, 7) is 0.864. The lowest BCUT2D eigenvalue weighted by atomic mass is 10.1. The quantitative estimate of drug-likeness (QED) is 0.877. The highest BCUT2D eigenvalue weighted by atomic mass is 16.5. The van der Waals surface area contributed by atoms with Gasteiger partial charge < -0.3 is 14.6 Å². The molecular weight excluding hydrogens is 256 g/mol. The number of hydrogen-bond acceptors (Lipinski definition) is 3. The standard InChI is InChI=1S/C16H16O4/c1-19-10-13-5-3-7-15(9-13)20-11-12-4-2-6-14(8-12)16(17)18/h2-9H,10-11H2,1H3,(H,17,18). The van der Waals surface area contributed by atoms with Crippen LogP contribution in [0, 0.1) is 0 Å². The van der Waals surface area contributed by atoms with Crippen molar-refractivity contribution < 1.29 is 19.4 Å². The van der Waals surface area contributed by atoms with Gasteiger partial charge in [-0.15, -0.1) is 0 Å².